The summed E-state index contributed by atoms with van der Waals surface area (Å²) in [5, 5.41) is 0.721. The molecule has 1 aromatic carbocycles. The van der Waals surface area contributed by atoms with Crippen LogP contribution in [0.2, 0.25) is 5.02 Å². The average molecular weight is 249 g/mol. The molecule has 1 heterocycles. The van der Waals surface area contributed by atoms with Gasteiger partial charge in [0.2, 0.25) is 5.88 Å². The SMILES string of the molecule is Cc1cc(Oc2ccc(Cl)c(C)c2)ncc1N. The van der Waals surface area contributed by atoms with Crippen LogP contribution in [0.5, 0.6) is 11.6 Å². The Balaban J connectivity index is 2.25. The second kappa shape index (κ2) is 4.63. The maximum Gasteiger partial charge on any atom is 0.219 e. The lowest BCUT2D eigenvalue weighted by Gasteiger charge is -2.07. The molecule has 0 saturated heterocycles. The molecule has 0 unspecified atom stereocenters. The van der Waals surface area contributed by atoms with Gasteiger partial charge in [0.25, 0.3) is 0 Å². The summed E-state index contributed by atoms with van der Waals surface area (Å²) in [6.45, 7) is 3.84. The highest BCUT2D eigenvalue weighted by molar-refractivity contribution is 6.31. The Morgan fingerprint density at radius 3 is 2.59 bits per heavy atom. The van der Waals surface area contributed by atoms with Gasteiger partial charge in [0.1, 0.15) is 5.75 Å². The number of halogens is 1. The highest BCUT2D eigenvalue weighted by Gasteiger charge is 2.03. The summed E-state index contributed by atoms with van der Waals surface area (Å²) >= 11 is 5.94. The fraction of sp³-hybridized carbons (Fsp3) is 0.154. The van der Waals surface area contributed by atoms with Crippen LogP contribution in [-0.2, 0) is 0 Å². The molecule has 3 nitrogen and oxygen atoms in total. The number of nitrogens with zero attached hydrogens (tertiary/aromatic N) is 1. The number of hydrogen-bond acceptors (Lipinski definition) is 3. The van der Waals surface area contributed by atoms with Crippen LogP contribution in [0.25, 0.3) is 0 Å². The maximum atomic E-state index is 5.94. The van der Waals surface area contributed by atoms with Crippen molar-refractivity contribution >= 4 is 17.3 Å². The molecule has 0 saturated carbocycles. The van der Waals surface area contributed by atoms with E-state index in [0.717, 1.165) is 16.1 Å². The number of pyridine rings is 1. The van der Waals surface area contributed by atoms with E-state index in [2.05, 4.69) is 4.98 Å². The molecule has 0 aliphatic heterocycles. The van der Waals surface area contributed by atoms with Gasteiger partial charge in [-0.1, -0.05) is 11.6 Å². The van der Waals surface area contributed by atoms with E-state index in [4.69, 9.17) is 22.1 Å². The van der Waals surface area contributed by atoms with Crippen LogP contribution < -0.4 is 10.5 Å². The molecule has 0 atom stereocenters. The molecule has 0 amide bonds. The van der Waals surface area contributed by atoms with Crippen molar-refractivity contribution in [3.63, 3.8) is 0 Å². The van der Waals surface area contributed by atoms with Crippen LogP contribution in [0.3, 0.4) is 0 Å². The number of anilines is 1. The molecule has 0 bridgehead atoms. The van der Waals surface area contributed by atoms with Gasteiger partial charge in [0, 0.05) is 11.1 Å². The minimum Gasteiger partial charge on any atom is -0.439 e. The molecule has 0 radical (unpaired) electrons. The Morgan fingerprint density at radius 1 is 1.18 bits per heavy atom. The molecule has 0 aliphatic rings. The zero-order chi connectivity index (χ0) is 12.4. The smallest absolute Gasteiger partial charge is 0.219 e. The molecule has 2 rings (SSSR count). The minimum absolute atomic E-state index is 0.526. The van der Waals surface area contributed by atoms with Crippen LogP contribution >= 0.6 is 11.6 Å². The van der Waals surface area contributed by atoms with Gasteiger partial charge in [-0.2, -0.15) is 0 Å². The zero-order valence-corrected chi connectivity index (χ0v) is 10.5. The van der Waals surface area contributed by atoms with E-state index in [-0.39, 0.29) is 0 Å². The Kier molecular flexibility index (Phi) is 3.20. The van der Waals surface area contributed by atoms with Gasteiger partial charge in [-0.15, -0.1) is 0 Å². The molecular formula is C13H13ClN2O. The first-order chi connectivity index (χ1) is 8.06. The molecule has 0 fully saturated rings. The highest BCUT2D eigenvalue weighted by Crippen LogP contribution is 2.25. The first-order valence-corrected chi connectivity index (χ1v) is 5.60. The predicted octanol–water partition coefficient (Wildman–Crippen LogP) is 3.73. The molecule has 2 aromatic rings. The summed E-state index contributed by atoms with van der Waals surface area (Å²) in [7, 11) is 0. The molecule has 1 aromatic heterocycles. The normalized spacial score (nSPS) is 10.3. The number of ether oxygens (including phenoxy) is 1. The lowest BCUT2D eigenvalue weighted by molar-refractivity contribution is 0.462. The number of rotatable bonds is 2. The van der Waals surface area contributed by atoms with E-state index in [1.807, 2.05) is 26.0 Å². The maximum absolute atomic E-state index is 5.94. The Hall–Kier alpha value is -1.74. The summed E-state index contributed by atoms with van der Waals surface area (Å²) in [6.07, 6.45) is 1.59. The number of aryl methyl sites for hydroxylation is 2. The number of hydrogen-bond donors (Lipinski definition) is 1. The third-order valence-corrected chi connectivity index (χ3v) is 2.90. The van der Waals surface area contributed by atoms with Crippen molar-refractivity contribution in [3.8, 4) is 11.6 Å². The molecule has 0 aliphatic carbocycles. The number of aromatic nitrogens is 1. The van der Waals surface area contributed by atoms with Gasteiger partial charge in [-0.25, -0.2) is 4.98 Å². The summed E-state index contributed by atoms with van der Waals surface area (Å²) in [6, 6.07) is 7.29. The molecule has 0 spiro atoms. The van der Waals surface area contributed by atoms with Gasteiger partial charge in [0.15, 0.2) is 0 Å². The number of benzene rings is 1. The first-order valence-electron chi connectivity index (χ1n) is 5.22. The molecule has 4 heteroatoms. The van der Waals surface area contributed by atoms with Crippen molar-refractivity contribution in [3.05, 3.63) is 46.6 Å². The van der Waals surface area contributed by atoms with E-state index in [9.17, 15) is 0 Å². The van der Waals surface area contributed by atoms with Crippen LogP contribution in [0.1, 0.15) is 11.1 Å². The van der Waals surface area contributed by atoms with Crippen LogP contribution in [0, 0.1) is 13.8 Å². The van der Waals surface area contributed by atoms with Crippen molar-refractivity contribution in [2.75, 3.05) is 5.73 Å². The molecular weight excluding hydrogens is 236 g/mol. The molecule has 2 N–H and O–H groups in total. The molecule has 88 valence electrons. The zero-order valence-electron chi connectivity index (χ0n) is 9.70. The van der Waals surface area contributed by atoms with Gasteiger partial charge in [-0.05, 0) is 43.2 Å². The van der Waals surface area contributed by atoms with Crippen LogP contribution in [0.4, 0.5) is 5.69 Å². The van der Waals surface area contributed by atoms with Gasteiger partial charge in [-0.3, -0.25) is 0 Å². The topological polar surface area (TPSA) is 48.1 Å². The van der Waals surface area contributed by atoms with Crippen molar-refractivity contribution in [1.82, 2.24) is 4.98 Å². The monoisotopic (exact) mass is 248 g/mol. The van der Waals surface area contributed by atoms with Gasteiger partial charge >= 0.3 is 0 Å². The second-order valence-corrected chi connectivity index (χ2v) is 4.30. The summed E-state index contributed by atoms with van der Waals surface area (Å²) in [5.74, 6) is 1.24. The fourth-order valence-electron chi connectivity index (χ4n) is 1.40. The predicted molar refractivity (Wildman–Crippen MR) is 69.6 cm³/mol. The van der Waals surface area contributed by atoms with Crippen molar-refractivity contribution < 1.29 is 4.74 Å². The largest absolute Gasteiger partial charge is 0.439 e. The van der Waals surface area contributed by atoms with Crippen LogP contribution in [-0.4, -0.2) is 4.98 Å². The van der Waals surface area contributed by atoms with Gasteiger partial charge in [0.05, 0.1) is 11.9 Å². The summed E-state index contributed by atoms with van der Waals surface area (Å²) in [5.41, 5.74) is 8.26. The Bertz CT molecular complexity index is 506. The average Bonchev–Trinajstić information content (AvgIpc) is 2.29. The number of nitrogen functional groups attached to an aromatic ring is 1. The third-order valence-electron chi connectivity index (χ3n) is 2.48. The first kappa shape index (κ1) is 11.7. The standard InChI is InChI=1S/C13H13ClN2O/c1-8-5-10(3-4-11(8)14)17-13-6-9(2)12(15)7-16-13/h3-7H,15H2,1-2H3. The molecule has 17 heavy (non-hydrogen) atoms. The van der Waals surface area contributed by atoms with E-state index in [1.54, 1.807) is 18.3 Å². The Morgan fingerprint density at radius 2 is 1.94 bits per heavy atom. The van der Waals surface area contributed by atoms with E-state index in [1.165, 1.54) is 0 Å². The third kappa shape index (κ3) is 2.68. The van der Waals surface area contributed by atoms with Crippen molar-refractivity contribution in [2.45, 2.75) is 13.8 Å². The quantitative estimate of drug-likeness (QED) is 0.881. The van der Waals surface area contributed by atoms with Crippen LogP contribution in [0.15, 0.2) is 30.5 Å². The second-order valence-electron chi connectivity index (χ2n) is 3.89. The lowest BCUT2D eigenvalue weighted by atomic mass is 10.2. The highest BCUT2D eigenvalue weighted by atomic mass is 35.5. The summed E-state index contributed by atoms with van der Waals surface area (Å²) in [4.78, 5) is 4.11. The minimum atomic E-state index is 0.526. The van der Waals surface area contributed by atoms with E-state index >= 15 is 0 Å². The Labute approximate surface area is 105 Å². The van der Waals surface area contributed by atoms with Crippen molar-refractivity contribution in [1.29, 1.82) is 0 Å². The van der Waals surface area contributed by atoms with Gasteiger partial charge < -0.3 is 10.5 Å². The lowest BCUT2D eigenvalue weighted by Crippen LogP contribution is -1.94. The summed E-state index contributed by atoms with van der Waals surface area (Å²) < 4.78 is 5.62. The fourth-order valence-corrected chi connectivity index (χ4v) is 1.52. The number of nitrogens with two attached hydrogens (primary N) is 1. The van der Waals surface area contributed by atoms with Crippen molar-refractivity contribution in [2.24, 2.45) is 0 Å². The van der Waals surface area contributed by atoms with E-state index in [0.29, 0.717) is 17.3 Å². The van der Waals surface area contributed by atoms with E-state index < -0.39 is 0 Å².